The zero-order valence-electron chi connectivity index (χ0n) is 23.8. The molecule has 0 aliphatic rings. The van der Waals surface area contributed by atoms with E-state index >= 15 is 0 Å². The number of aryl methyl sites for hydroxylation is 2. The van der Waals surface area contributed by atoms with Gasteiger partial charge in [-0.15, -0.1) is 0 Å². The maximum absolute atomic E-state index is 13.1. The number of rotatable bonds is 11. The number of carbonyl (C=O) groups excluding carboxylic acids is 1. The first-order valence-corrected chi connectivity index (χ1v) is 13.7. The number of benzene rings is 3. The van der Waals surface area contributed by atoms with E-state index in [9.17, 15) is 9.18 Å². The van der Waals surface area contributed by atoms with Crippen LogP contribution in [-0.2, 0) is 13.2 Å². The Labute approximate surface area is 253 Å². The van der Waals surface area contributed by atoms with Gasteiger partial charge < -0.3 is 23.2 Å². The van der Waals surface area contributed by atoms with Crippen LogP contribution in [0, 0.1) is 19.7 Å². The molecule has 1 N–H and O–H groups in total. The number of nitrogens with zero attached hydrogens (tertiary/aromatic N) is 2. The molecule has 8 nitrogen and oxygen atoms in total. The maximum Gasteiger partial charge on any atom is 0.307 e. The Hall–Kier alpha value is -5.02. The van der Waals surface area contributed by atoms with Gasteiger partial charge in [-0.05, 0) is 97.8 Å². The summed E-state index contributed by atoms with van der Waals surface area (Å²) in [7, 11) is 1.48. The fourth-order valence-electron chi connectivity index (χ4n) is 4.41. The summed E-state index contributed by atoms with van der Waals surface area (Å²) in [5.41, 5.74) is 7.14. The van der Waals surface area contributed by atoms with Crippen molar-refractivity contribution in [2.75, 3.05) is 7.11 Å². The topological polar surface area (TPSA) is 87.2 Å². The van der Waals surface area contributed by atoms with Gasteiger partial charge in [0.25, 0.3) is 0 Å². The highest BCUT2D eigenvalue weighted by Gasteiger charge is 2.14. The van der Waals surface area contributed by atoms with E-state index in [-0.39, 0.29) is 29.8 Å². The Balaban J connectivity index is 1.14. The maximum atomic E-state index is 13.1. The predicted octanol–water partition coefficient (Wildman–Crippen LogP) is 7.41. The zero-order valence-corrected chi connectivity index (χ0v) is 24.5. The number of nitrogens with one attached hydrogen (secondary N) is 1. The molecule has 10 heteroatoms. The van der Waals surface area contributed by atoms with E-state index in [1.54, 1.807) is 36.4 Å². The lowest BCUT2D eigenvalue weighted by Crippen LogP contribution is -2.16. The average Bonchev–Trinajstić information content (AvgIpc) is 3.62. The molecule has 5 aromatic rings. The van der Waals surface area contributed by atoms with E-state index in [0.717, 1.165) is 22.6 Å². The summed E-state index contributed by atoms with van der Waals surface area (Å²) in [6.45, 7) is 4.46. The molecule has 220 valence electrons. The molecule has 5 rings (SSSR count). The Bertz CT molecular complexity index is 1720. The molecule has 1 amide bonds. The number of ether oxygens (including phenoxy) is 3. The van der Waals surface area contributed by atoms with Crippen LogP contribution in [0.3, 0.4) is 0 Å². The lowest BCUT2D eigenvalue weighted by molar-refractivity contribution is 0.0923. The van der Waals surface area contributed by atoms with E-state index < -0.39 is 5.91 Å². The normalized spacial score (nSPS) is 11.1. The predicted molar refractivity (Wildman–Crippen MR) is 162 cm³/mol. The van der Waals surface area contributed by atoms with E-state index in [1.807, 2.05) is 24.3 Å². The Morgan fingerprint density at radius 1 is 0.953 bits per heavy atom. The summed E-state index contributed by atoms with van der Waals surface area (Å²) in [5.74, 6) is 1.12. The minimum atomic E-state index is -0.526. The van der Waals surface area contributed by atoms with E-state index in [4.69, 9.17) is 30.2 Å². The molecule has 0 atom stereocenters. The van der Waals surface area contributed by atoms with Crippen LogP contribution in [0.15, 0.2) is 94.4 Å². The molecule has 0 spiro atoms. The van der Waals surface area contributed by atoms with Crippen molar-refractivity contribution in [1.29, 1.82) is 0 Å². The summed E-state index contributed by atoms with van der Waals surface area (Å²) in [6.07, 6.45) is 1.42. The first kappa shape index (κ1) is 29.5. The lowest BCUT2D eigenvalue weighted by Gasteiger charge is -2.13. The minimum Gasteiger partial charge on any atom is -0.493 e. The molecule has 0 saturated heterocycles. The van der Waals surface area contributed by atoms with Crippen LogP contribution >= 0.6 is 11.6 Å². The van der Waals surface area contributed by atoms with Crippen molar-refractivity contribution in [2.24, 2.45) is 5.10 Å². The van der Waals surface area contributed by atoms with E-state index in [1.165, 1.54) is 25.5 Å². The minimum absolute atomic E-state index is 0.0878. The second kappa shape index (κ2) is 13.3. The van der Waals surface area contributed by atoms with Crippen LogP contribution in [0.1, 0.15) is 38.8 Å². The third-order valence-electron chi connectivity index (χ3n) is 6.56. The zero-order chi connectivity index (χ0) is 30.3. The van der Waals surface area contributed by atoms with Crippen LogP contribution in [0.2, 0.25) is 5.02 Å². The molecule has 0 saturated carbocycles. The number of aromatic nitrogens is 1. The molecular formula is C33H29ClFN3O5. The molecule has 3 aromatic carbocycles. The van der Waals surface area contributed by atoms with Crippen LogP contribution in [0.4, 0.5) is 4.39 Å². The fraction of sp³-hybridized carbons (Fsp3) is 0.152. The quantitative estimate of drug-likeness (QED) is 0.126. The van der Waals surface area contributed by atoms with Gasteiger partial charge in [0.1, 0.15) is 30.5 Å². The summed E-state index contributed by atoms with van der Waals surface area (Å²) in [5, 5.41) is 4.29. The van der Waals surface area contributed by atoms with Crippen LogP contribution in [-0.4, -0.2) is 23.8 Å². The van der Waals surface area contributed by atoms with Crippen molar-refractivity contribution in [3.63, 3.8) is 0 Å². The third-order valence-corrected chi connectivity index (χ3v) is 6.84. The molecule has 43 heavy (non-hydrogen) atoms. The van der Waals surface area contributed by atoms with Gasteiger partial charge in [0.15, 0.2) is 17.3 Å². The second-order valence-electron chi connectivity index (χ2n) is 9.65. The number of methoxy groups -OCH3 is 1. The highest BCUT2D eigenvalue weighted by Crippen LogP contribution is 2.36. The van der Waals surface area contributed by atoms with Crippen LogP contribution in [0.25, 0.3) is 5.69 Å². The van der Waals surface area contributed by atoms with Gasteiger partial charge in [0.2, 0.25) is 0 Å². The summed E-state index contributed by atoms with van der Waals surface area (Å²) in [4.78, 5) is 12.6. The molecule has 2 heterocycles. The first-order valence-electron chi connectivity index (χ1n) is 13.4. The monoisotopic (exact) mass is 601 g/mol. The Kier molecular flexibility index (Phi) is 9.12. The molecule has 2 aromatic heterocycles. The first-order chi connectivity index (χ1) is 20.8. The fourth-order valence-corrected chi connectivity index (χ4v) is 4.68. The third kappa shape index (κ3) is 7.25. The average molecular weight is 602 g/mol. The molecule has 0 bridgehead atoms. The van der Waals surface area contributed by atoms with Gasteiger partial charge in [-0.2, -0.15) is 5.10 Å². The van der Waals surface area contributed by atoms with Crippen molar-refractivity contribution in [3.8, 4) is 22.9 Å². The van der Waals surface area contributed by atoms with Crippen molar-refractivity contribution >= 4 is 23.7 Å². The molecular weight excluding hydrogens is 573 g/mol. The van der Waals surface area contributed by atoms with Crippen molar-refractivity contribution in [3.05, 3.63) is 130 Å². The molecule has 0 fully saturated rings. The number of hydrazone groups is 1. The van der Waals surface area contributed by atoms with Gasteiger partial charge >= 0.3 is 5.91 Å². The van der Waals surface area contributed by atoms with Crippen LogP contribution in [0.5, 0.6) is 17.2 Å². The standard InChI is InChI=1S/C33H29ClFN3O5/c1-21-4-5-22(2)38(21)26-10-12-27(13-11-26)41-20-28-14-15-30(43-28)33(39)37-36-18-24-16-29(34)32(31(17-24)40-3)42-19-23-6-8-25(35)9-7-23/h4-18H,19-20H2,1-3H3,(H,37,39)/b36-18+. The smallest absolute Gasteiger partial charge is 0.307 e. The van der Waals surface area contributed by atoms with Gasteiger partial charge in [-0.25, -0.2) is 9.82 Å². The van der Waals surface area contributed by atoms with Crippen molar-refractivity contribution in [1.82, 2.24) is 9.99 Å². The van der Waals surface area contributed by atoms with E-state index in [0.29, 0.717) is 28.6 Å². The second-order valence-corrected chi connectivity index (χ2v) is 10.1. The van der Waals surface area contributed by atoms with E-state index in [2.05, 4.69) is 41.1 Å². The summed E-state index contributed by atoms with van der Waals surface area (Å²) < 4.78 is 38.0. The lowest BCUT2D eigenvalue weighted by atomic mass is 10.2. The molecule has 0 radical (unpaired) electrons. The van der Waals surface area contributed by atoms with Gasteiger partial charge in [-0.1, -0.05) is 23.7 Å². The van der Waals surface area contributed by atoms with Crippen molar-refractivity contribution < 1.29 is 27.8 Å². The van der Waals surface area contributed by atoms with Gasteiger partial charge in [0.05, 0.1) is 18.3 Å². The Morgan fingerprint density at radius 2 is 1.67 bits per heavy atom. The van der Waals surface area contributed by atoms with Crippen LogP contribution < -0.4 is 19.6 Å². The molecule has 0 aliphatic carbocycles. The summed E-state index contributed by atoms with van der Waals surface area (Å²) in [6, 6.07) is 24.4. The SMILES string of the molecule is COc1cc(/C=N/NC(=O)c2ccc(COc3ccc(-n4c(C)ccc4C)cc3)o2)cc(Cl)c1OCc1ccc(F)cc1. The van der Waals surface area contributed by atoms with Crippen molar-refractivity contribution in [2.45, 2.75) is 27.1 Å². The highest BCUT2D eigenvalue weighted by molar-refractivity contribution is 6.32. The summed E-state index contributed by atoms with van der Waals surface area (Å²) >= 11 is 6.42. The Morgan fingerprint density at radius 3 is 2.37 bits per heavy atom. The molecule has 0 aliphatic heterocycles. The number of hydrogen-bond acceptors (Lipinski definition) is 6. The van der Waals surface area contributed by atoms with Gasteiger partial charge in [0, 0.05) is 17.1 Å². The van der Waals surface area contributed by atoms with Gasteiger partial charge in [-0.3, -0.25) is 4.79 Å². The number of furan rings is 1. The largest absolute Gasteiger partial charge is 0.493 e. The molecule has 0 unspecified atom stereocenters. The number of amides is 1. The number of hydrogen-bond donors (Lipinski definition) is 1. The highest BCUT2D eigenvalue weighted by atomic mass is 35.5. The number of halogens is 2. The number of carbonyl (C=O) groups is 1.